The second-order valence-corrected chi connectivity index (χ2v) is 10.5. The second kappa shape index (κ2) is 15.0. The lowest BCUT2D eigenvalue weighted by Gasteiger charge is -2.32. The third-order valence-corrected chi connectivity index (χ3v) is 7.45. The molecule has 2 amide bonds. The minimum atomic E-state index is -0.743. The van der Waals surface area contributed by atoms with Crippen LogP contribution in [0.5, 0.6) is 0 Å². The van der Waals surface area contributed by atoms with E-state index in [2.05, 4.69) is 12.2 Å². The van der Waals surface area contributed by atoms with Crippen molar-refractivity contribution >= 4 is 46.8 Å². The minimum Gasteiger partial charge on any atom is -0.354 e. The summed E-state index contributed by atoms with van der Waals surface area (Å²) in [6.45, 7) is 2.74. The van der Waals surface area contributed by atoms with Crippen molar-refractivity contribution in [2.45, 2.75) is 44.5 Å². The number of nitrogens with zero attached hydrogens (tertiary/aromatic N) is 1. The summed E-state index contributed by atoms with van der Waals surface area (Å²) in [5, 5.41) is 3.91. The van der Waals surface area contributed by atoms with Crippen molar-refractivity contribution in [1.29, 1.82) is 0 Å². The molecule has 0 aliphatic carbocycles. The largest absolute Gasteiger partial charge is 0.354 e. The van der Waals surface area contributed by atoms with Gasteiger partial charge in [0.15, 0.2) is 0 Å². The standard InChI is InChI=1S/C29H31Cl2FN2O2S/c1-2-3-15-33-29(36)27(16-21-9-5-4-6-10-21)34(18-22-13-14-24(30)17-25(22)31)28(35)20-37-19-23-11-7-8-12-26(23)32/h4-14,17,27H,2-3,15-16,18-20H2,1H3,(H,33,36)/t27-/m0/s1. The molecule has 3 rings (SSSR count). The quantitative estimate of drug-likeness (QED) is 0.231. The molecular formula is C29H31Cl2FN2O2S. The third kappa shape index (κ3) is 9.06. The zero-order valence-corrected chi connectivity index (χ0v) is 23.1. The maximum atomic E-state index is 14.1. The lowest BCUT2D eigenvalue weighted by molar-refractivity contribution is -0.139. The molecule has 4 nitrogen and oxygen atoms in total. The van der Waals surface area contributed by atoms with Gasteiger partial charge < -0.3 is 10.2 Å². The Bertz CT molecular complexity index is 1180. The van der Waals surface area contributed by atoms with Crippen molar-refractivity contribution in [3.05, 3.63) is 105 Å². The van der Waals surface area contributed by atoms with E-state index in [1.807, 2.05) is 30.3 Å². The molecule has 0 unspecified atom stereocenters. The van der Waals surface area contributed by atoms with Gasteiger partial charge in [0.05, 0.1) is 5.75 Å². The number of nitrogens with one attached hydrogen (secondary N) is 1. The Morgan fingerprint density at radius 1 is 1.00 bits per heavy atom. The fourth-order valence-corrected chi connectivity index (χ4v) is 5.21. The van der Waals surface area contributed by atoms with Crippen LogP contribution >= 0.6 is 35.0 Å². The zero-order valence-electron chi connectivity index (χ0n) is 20.8. The highest BCUT2D eigenvalue weighted by molar-refractivity contribution is 7.99. The van der Waals surface area contributed by atoms with E-state index in [4.69, 9.17) is 23.2 Å². The molecular weight excluding hydrogens is 530 g/mol. The van der Waals surface area contributed by atoms with E-state index in [-0.39, 0.29) is 29.9 Å². The SMILES string of the molecule is CCCCNC(=O)[C@H](Cc1ccccc1)N(Cc1ccc(Cl)cc1Cl)C(=O)CSCc1ccccc1F. The number of hydrogen-bond donors (Lipinski definition) is 1. The maximum absolute atomic E-state index is 14.1. The van der Waals surface area contributed by atoms with Crippen molar-refractivity contribution in [1.82, 2.24) is 10.2 Å². The first-order chi connectivity index (χ1) is 17.9. The molecule has 0 saturated carbocycles. The van der Waals surface area contributed by atoms with E-state index in [9.17, 15) is 14.0 Å². The molecule has 3 aromatic carbocycles. The Hall–Kier alpha value is -2.54. The maximum Gasteiger partial charge on any atom is 0.243 e. The summed E-state index contributed by atoms with van der Waals surface area (Å²) < 4.78 is 14.1. The number of unbranched alkanes of at least 4 members (excludes halogenated alkanes) is 1. The minimum absolute atomic E-state index is 0.0903. The van der Waals surface area contributed by atoms with Gasteiger partial charge in [0, 0.05) is 35.3 Å². The fraction of sp³-hybridized carbons (Fsp3) is 0.310. The van der Waals surface area contributed by atoms with Gasteiger partial charge in [0.1, 0.15) is 11.9 Å². The van der Waals surface area contributed by atoms with Gasteiger partial charge in [-0.05, 0) is 41.3 Å². The molecule has 0 aliphatic rings. The molecule has 0 radical (unpaired) electrons. The molecule has 196 valence electrons. The average Bonchev–Trinajstić information content (AvgIpc) is 2.89. The molecule has 0 saturated heterocycles. The van der Waals surface area contributed by atoms with Gasteiger partial charge in [-0.1, -0.05) is 91.1 Å². The topological polar surface area (TPSA) is 49.4 Å². The summed E-state index contributed by atoms with van der Waals surface area (Å²) in [6, 6.07) is 20.5. The van der Waals surface area contributed by atoms with Crippen LogP contribution in [0, 0.1) is 5.82 Å². The van der Waals surface area contributed by atoms with E-state index in [1.165, 1.54) is 17.8 Å². The number of amides is 2. The number of carbonyl (C=O) groups excluding carboxylic acids is 2. The van der Waals surface area contributed by atoms with Crippen molar-refractivity contribution in [2.24, 2.45) is 0 Å². The molecule has 0 heterocycles. The summed E-state index contributed by atoms with van der Waals surface area (Å²) in [5.41, 5.74) is 2.17. The Balaban J connectivity index is 1.87. The van der Waals surface area contributed by atoms with Crippen LogP contribution in [0.15, 0.2) is 72.8 Å². The molecule has 0 spiro atoms. The molecule has 0 aliphatic heterocycles. The number of thioether (sulfide) groups is 1. The Morgan fingerprint density at radius 2 is 1.73 bits per heavy atom. The molecule has 1 atom stereocenters. The molecule has 0 fully saturated rings. The Kier molecular flexibility index (Phi) is 11.8. The van der Waals surface area contributed by atoms with Gasteiger partial charge in [-0.3, -0.25) is 9.59 Å². The number of hydrogen-bond acceptors (Lipinski definition) is 3. The summed E-state index contributed by atoms with van der Waals surface area (Å²) >= 11 is 13.9. The summed E-state index contributed by atoms with van der Waals surface area (Å²) in [6.07, 6.45) is 2.15. The van der Waals surface area contributed by atoms with Crippen LogP contribution in [0.25, 0.3) is 0 Å². The first-order valence-electron chi connectivity index (χ1n) is 12.2. The number of halogens is 3. The summed E-state index contributed by atoms with van der Waals surface area (Å²) in [4.78, 5) is 28.6. The summed E-state index contributed by atoms with van der Waals surface area (Å²) in [7, 11) is 0. The van der Waals surface area contributed by atoms with Gasteiger partial charge in [-0.2, -0.15) is 0 Å². The van der Waals surface area contributed by atoms with Gasteiger partial charge in [-0.25, -0.2) is 4.39 Å². The second-order valence-electron chi connectivity index (χ2n) is 8.69. The Morgan fingerprint density at radius 3 is 2.43 bits per heavy atom. The van der Waals surface area contributed by atoms with Crippen molar-refractivity contribution < 1.29 is 14.0 Å². The molecule has 0 bridgehead atoms. The molecule has 3 aromatic rings. The zero-order chi connectivity index (χ0) is 26.6. The smallest absolute Gasteiger partial charge is 0.243 e. The third-order valence-electron chi connectivity index (χ3n) is 5.90. The van der Waals surface area contributed by atoms with Crippen LogP contribution in [0.2, 0.25) is 10.0 Å². The van der Waals surface area contributed by atoms with Gasteiger partial charge in [-0.15, -0.1) is 11.8 Å². The highest BCUT2D eigenvalue weighted by Gasteiger charge is 2.30. The average molecular weight is 562 g/mol. The monoisotopic (exact) mass is 560 g/mol. The van der Waals surface area contributed by atoms with Crippen molar-refractivity contribution in [3.8, 4) is 0 Å². The number of benzene rings is 3. The highest BCUT2D eigenvalue weighted by atomic mass is 35.5. The number of rotatable bonds is 13. The fourth-order valence-electron chi connectivity index (χ4n) is 3.84. The van der Waals surface area contributed by atoms with Crippen LogP contribution in [-0.4, -0.2) is 35.1 Å². The first kappa shape index (κ1) is 29.0. The number of carbonyl (C=O) groups is 2. The molecule has 0 aromatic heterocycles. The van der Waals surface area contributed by atoms with Crippen LogP contribution in [-0.2, 0) is 28.3 Å². The van der Waals surface area contributed by atoms with E-state index in [1.54, 1.807) is 41.3 Å². The Labute approximate surface area is 232 Å². The normalized spacial score (nSPS) is 11.7. The molecule has 37 heavy (non-hydrogen) atoms. The van der Waals surface area contributed by atoms with E-state index >= 15 is 0 Å². The lowest BCUT2D eigenvalue weighted by Crippen LogP contribution is -2.51. The van der Waals surface area contributed by atoms with Crippen LogP contribution in [0.1, 0.15) is 36.5 Å². The van der Waals surface area contributed by atoms with Crippen molar-refractivity contribution in [3.63, 3.8) is 0 Å². The predicted molar refractivity (Wildman–Crippen MR) is 151 cm³/mol. The van der Waals surface area contributed by atoms with Crippen LogP contribution in [0.4, 0.5) is 4.39 Å². The van der Waals surface area contributed by atoms with Gasteiger partial charge in [0.25, 0.3) is 0 Å². The van der Waals surface area contributed by atoms with E-state index in [0.717, 1.165) is 18.4 Å². The summed E-state index contributed by atoms with van der Waals surface area (Å²) in [5.74, 6) is -0.300. The lowest BCUT2D eigenvalue weighted by atomic mass is 10.0. The van der Waals surface area contributed by atoms with E-state index in [0.29, 0.717) is 39.9 Å². The van der Waals surface area contributed by atoms with Crippen LogP contribution in [0.3, 0.4) is 0 Å². The molecule has 1 N–H and O–H groups in total. The first-order valence-corrected chi connectivity index (χ1v) is 14.2. The van der Waals surface area contributed by atoms with E-state index < -0.39 is 6.04 Å². The van der Waals surface area contributed by atoms with Crippen LogP contribution < -0.4 is 5.32 Å². The van der Waals surface area contributed by atoms with Gasteiger partial charge >= 0.3 is 0 Å². The van der Waals surface area contributed by atoms with Crippen molar-refractivity contribution in [2.75, 3.05) is 12.3 Å². The highest BCUT2D eigenvalue weighted by Crippen LogP contribution is 2.25. The molecule has 8 heteroatoms. The van der Waals surface area contributed by atoms with Gasteiger partial charge in [0.2, 0.25) is 11.8 Å². The predicted octanol–water partition coefficient (Wildman–Crippen LogP) is 6.92.